The van der Waals surface area contributed by atoms with Gasteiger partial charge >= 0.3 is 0 Å². The van der Waals surface area contributed by atoms with Gasteiger partial charge in [0.05, 0.1) is 17.5 Å². The molecule has 1 aliphatic heterocycles. The van der Waals surface area contributed by atoms with E-state index in [0.717, 1.165) is 42.0 Å². The quantitative estimate of drug-likeness (QED) is 0.718. The number of aryl methyl sites for hydroxylation is 1. The van der Waals surface area contributed by atoms with Gasteiger partial charge in [-0.25, -0.2) is 9.97 Å². The second-order valence-electron chi connectivity index (χ2n) is 7.85. The second kappa shape index (κ2) is 7.35. The average molecular weight is 392 g/mol. The topological polar surface area (TPSA) is 87.2 Å². The zero-order valence-electron chi connectivity index (χ0n) is 16.5. The molecule has 2 fully saturated rings. The fourth-order valence-electron chi connectivity index (χ4n) is 3.67. The number of aromatic nitrogens is 4. The van der Waals surface area contributed by atoms with E-state index in [1.165, 1.54) is 12.8 Å². The summed E-state index contributed by atoms with van der Waals surface area (Å²) in [7, 11) is 0. The monoisotopic (exact) mass is 392 g/mol. The number of carbonyl (C=O) groups excluding carboxylic acids is 1. The molecule has 1 N–H and O–H groups in total. The molecule has 0 atom stereocenters. The van der Waals surface area contributed by atoms with Crippen LogP contribution in [0.3, 0.4) is 0 Å². The van der Waals surface area contributed by atoms with Crippen LogP contribution in [0, 0.1) is 12.8 Å². The molecule has 1 aromatic carbocycles. The molecule has 29 heavy (non-hydrogen) atoms. The van der Waals surface area contributed by atoms with Gasteiger partial charge < -0.3 is 14.5 Å². The first-order valence-corrected chi connectivity index (χ1v) is 10.1. The molecule has 8 heteroatoms. The van der Waals surface area contributed by atoms with E-state index in [1.807, 2.05) is 17.9 Å². The summed E-state index contributed by atoms with van der Waals surface area (Å²) in [5.41, 5.74) is 3.37. The van der Waals surface area contributed by atoms with Gasteiger partial charge in [-0.2, -0.15) is 5.10 Å². The average Bonchev–Trinajstić information content (AvgIpc) is 3.49. The zero-order chi connectivity index (χ0) is 19.8. The van der Waals surface area contributed by atoms with E-state index in [1.54, 1.807) is 12.4 Å². The van der Waals surface area contributed by atoms with Gasteiger partial charge in [0.15, 0.2) is 0 Å². The SMILES string of the molecule is Cc1cc(C(=O)N2CCN(c3ccc4ncnc(OCC5CC5)c4c3)CC2)n[nH]1. The van der Waals surface area contributed by atoms with E-state index in [9.17, 15) is 4.79 Å². The van der Waals surface area contributed by atoms with E-state index in [0.29, 0.717) is 30.6 Å². The summed E-state index contributed by atoms with van der Waals surface area (Å²) in [4.78, 5) is 25.5. The summed E-state index contributed by atoms with van der Waals surface area (Å²) in [6.07, 6.45) is 4.05. The van der Waals surface area contributed by atoms with Gasteiger partial charge in [-0.1, -0.05) is 0 Å². The lowest BCUT2D eigenvalue weighted by Crippen LogP contribution is -2.48. The Morgan fingerprint density at radius 2 is 2.00 bits per heavy atom. The van der Waals surface area contributed by atoms with Crippen molar-refractivity contribution in [3.05, 3.63) is 42.0 Å². The third kappa shape index (κ3) is 3.74. The second-order valence-corrected chi connectivity index (χ2v) is 7.85. The molecule has 3 aromatic rings. The van der Waals surface area contributed by atoms with Crippen LogP contribution in [0.15, 0.2) is 30.6 Å². The smallest absolute Gasteiger partial charge is 0.274 e. The summed E-state index contributed by atoms with van der Waals surface area (Å²) in [6.45, 7) is 5.50. The number of hydrogen-bond acceptors (Lipinski definition) is 6. The van der Waals surface area contributed by atoms with E-state index >= 15 is 0 Å². The normalized spacial score (nSPS) is 17.0. The minimum Gasteiger partial charge on any atom is -0.477 e. The van der Waals surface area contributed by atoms with Crippen LogP contribution in [0.5, 0.6) is 5.88 Å². The molecule has 3 heterocycles. The van der Waals surface area contributed by atoms with Crippen molar-refractivity contribution in [3.63, 3.8) is 0 Å². The summed E-state index contributed by atoms with van der Waals surface area (Å²) < 4.78 is 5.95. The highest BCUT2D eigenvalue weighted by molar-refractivity contribution is 5.92. The molecule has 8 nitrogen and oxygen atoms in total. The Labute approximate surface area is 168 Å². The van der Waals surface area contributed by atoms with Crippen molar-refractivity contribution in [2.45, 2.75) is 19.8 Å². The van der Waals surface area contributed by atoms with E-state index in [-0.39, 0.29) is 5.91 Å². The van der Waals surface area contributed by atoms with Crippen LogP contribution in [-0.2, 0) is 0 Å². The highest BCUT2D eigenvalue weighted by Gasteiger charge is 2.25. The number of hydrogen-bond donors (Lipinski definition) is 1. The maximum atomic E-state index is 12.6. The van der Waals surface area contributed by atoms with Gasteiger partial charge in [0.1, 0.15) is 12.0 Å². The van der Waals surface area contributed by atoms with Crippen molar-refractivity contribution in [1.29, 1.82) is 0 Å². The van der Waals surface area contributed by atoms with Gasteiger partial charge in [0, 0.05) is 37.6 Å². The van der Waals surface area contributed by atoms with Gasteiger partial charge in [-0.05, 0) is 49.9 Å². The van der Waals surface area contributed by atoms with Crippen molar-refractivity contribution in [2.24, 2.45) is 5.92 Å². The largest absolute Gasteiger partial charge is 0.477 e. The number of piperazine rings is 1. The molecule has 1 saturated carbocycles. The molecule has 0 radical (unpaired) electrons. The number of fused-ring (bicyclic) bond motifs is 1. The Morgan fingerprint density at radius 3 is 2.72 bits per heavy atom. The minimum absolute atomic E-state index is 0.0170. The lowest BCUT2D eigenvalue weighted by molar-refractivity contribution is 0.0741. The highest BCUT2D eigenvalue weighted by Crippen LogP contribution is 2.32. The first-order chi connectivity index (χ1) is 14.2. The molecule has 0 bridgehead atoms. The van der Waals surface area contributed by atoms with Crippen LogP contribution in [0.25, 0.3) is 10.9 Å². The Bertz CT molecular complexity index is 1040. The van der Waals surface area contributed by atoms with Gasteiger partial charge in [0.25, 0.3) is 5.91 Å². The maximum absolute atomic E-state index is 12.6. The number of amides is 1. The van der Waals surface area contributed by atoms with Crippen LogP contribution in [-0.4, -0.2) is 63.8 Å². The molecule has 1 aliphatic carbocycles. The fraction of sp³-hybridized carbons (Fsp3) is 0.429. The molecule has 2 aromatic heterocycles. The van der Waals surface area contributed by atoms with E-state index in [2.05, 4.69) is 37.2 Å². The van der Waals surface area contributed by atoms with Gasteiger partial charge in [0.2, 0.25) is 5.88 Å². The predicted octanol–water partition coefficient (Wildman–Crippen LogP) is 2.41. The van der Waals surface area contributed by atoms with Crippen molar-refractivity contribution in [2.75, 3.05) is 37.7 Å². The van der Waals surface area contributed by atoms with Crippen molar-refractivity contribution in [1.82, 2.24) is 25.1 Å². The molecule has 150 valence electrons. The molecule has 1 amide bonds. The van der Waals surface area contributed by atoms with Crippen LogP contribution >= 0.6 is 0 Å². The molecule has 5 rings (SSSR count). The fourth-order valence-corrected chi connectivity index (χ4v) is 3.67. The van der Waals surface area contributed by atoms with E-state index < -0.39 is 0 Å². The summed E-state index contributed by atoms with van der Waals surface area (Å²) in [5, 5.41) is 7.86. The van der Waals surface area contributed by atoms with Crippen LogP contribution in [0.2, 0.25) is 0 Å². The maximum Gasteiger partial charge on any atom is 0.274 e. The third-order valence-corrected chi connectivity index (χ3v) is 5.59. The number of nitrogens with zero attached hydrogens (tertiary/aromatic N) is 5. The third-order valence-electron chi connectivity index (χ3n) is 5.59. The first-order valence-electron chi connectivity index (χ1n) is 10.1. The molecular weight excluding hydrogens is 368 g/mol. The highest BCUT2D eigenvalue weighted by atomic mass is 16.5. The van der Waals surface area contributed by atoms with E-state index in [4.69, 9.17) is 4.74 Å². The molecule has 1 saturated heterocycles. The minimum atomic E-state index is -0.0170. The summed E-state index contributed by atoms with van der Waals surface area (Å²) in [6, 6.07) is 7.99. The standard InChI is InChI=1S/C21H24N6O2/c1-14-10-19(25-24-14)21(28)27-8-6-26(7-9-27)16-4-5-18-17(11-16)20(23-13-22-18)29-12-15-2-3-15/h4-5,10-11,13,15H,2-3,6-9,12H2,1H3,(H,24,25). The number of carbonyl (C=O) groups is 1. The summed E-state index contributed by atoms with van der Waals surface area (Å²) in [5.74, 6) is 1.32. The molecule has 2 aliphatic rings. The van der Waals surface area contributed by atoms with Crippen molar-refractivity contribution >= 4 is 22.5 Å². The summed E-state index contributed by atoms with van der Waals surface area (Å²) >= 11 is 0. The zero-order valence-corrected chi connectivity index (χ0v) is 16.5. The number of rotatable bonds is 5. The Morgan fingerprint density at radius 1 is 1.17 bits per heavy atom. The Balaban J connectivity index is 1.29. The lowest BCUT2D eigenvalue weighted by atomic mass is 10.1. The number of H-pyrrole nitrogens is 1. The predicted molar refractivity (Wildman–Crippen MR) is 109 cm³/mol. The number of aromatic amines is 1. The van der Waals surface area contributed by atoms with Gasteiger partial charge in [-0.15, -0.1) is 0 Å². The lowest BCUT2D eigenvalue weighted by Gasteiger charge is -2.36. The number of ether oxygens (including phenoxy) is 1. The van der Waals surface area contributed by atoms with Gasteiger partial charge in [-0.3, -0.25) is 9.89 Å². The van der Waals surface area contributed by atoms with Crippen molar-refractivity contribution < 1.29 is 9.53 Å². The number of anilines is 1. The van der Waals surface area contributed by atoms with Crippen LogP contribution in [0.4, 0.5) is 5.69 Å². The molecule has 0 unspecified atom stereocenters. The number of nitrogens with one attached hydrogen (secondary N) is 1. The number of benzene rings is 1. The molecular formula is C21H24N6O2. The van der Waals surface area contributed by atoms with Crippen molar-refractivity contribution in [3.8, 4) is 5.88 Å². The van der Waals surface area contributed by atoms with Crippen LogP contribution < -0.4 is 9.64 Å². The Kier molecular flexibility index (Phi) is 4.54. The first kappa shape index (κ1) is 17.9. The Hall–Kier alpha value is -3.16. The van der Waals surface area contributed by atoms with Crippen LogP contribution in [0.1, 0.15) is 29.0 Å². The molecule has 0 spiro atoms.